The molecule has 0 fully saturated rings. The summed E-state index contributed by atoms with van der Waals surface area (Å²) in [5, 5.41) is 3.13. The third kappa shape index (κ3) is 4.55. The minimum Gasteiger partial charge on any atom is -0.312 e. The molecule has 0 aliphatic carbocycles. The normalized spacial score (nSPS) is 15.0. The zero-order chi connectivity index (χ0) is 16.5. The Balaban J connectivity index is 3.02. The number of rotatable bonds is 4. The molecule has 1 aromatic rings. The Morgan fingerprint density at radius 3 is 1.81 bits per heavy atom. The summed E-state index contributed by atoms with van der Waals surface area (Å²) in [5.74, 6) is 0.113. The standard InChI is InChI=1S/C17H29NO2S/c1-16(2,3)14-10-8-13(9-11-14)15(18-7)12-21(19,20)17(4,5)6/h8-11,15,18H,12H2,1-7H3. The van der Waals surface area contributed by atoms with Crippen LogP contribution >= 0.6 is 0 Å². The molecule has 3 nitrogen and oxygen atoms in total. The lowest BCUT2D eigenvalue weighted by atomic mass is 9.86. The molecule has 0 aromatic heterocycles. The fourth-order valence-corrected chi connectivity index (χ4v) is 3.33. The van der Waals surface area contributed by atoms with Gasteiger partial charge in [0.2, 0.25) is 0 Å². The molecule has 0 aliphatic rings. The lowest BCUT2D eigenvalue weighted by molar-refractivity contribution is 0.542. The van der Waals surface area contributed by atoms with E-state index in [1.54, 1.807) is 27.8 Å². The van der Waals surface area contributed by atoms with Gasteiger partial charge in [-0.15, -0.1) is 0 Å². The second-order valence-corrected chi connectivity index (χ2v) is 10.4. The van der Waals surface area contributed by atoms with Crippen LogP contribution in [-0.2, 0) is 15.3 Å². The van der Waals surface area contributed by atoms with Gasteiger partial charge in [-0.2, -0.15) is 0 Å². The summed E-state index contributed by atoms with van der Waals surface area (Å²) in [6, 6.07) is 8.05. The second kappa shape index (κ2) is 6.09. The van der Waals surface area contributed by atoms with E-state index in [0.29, 0.717) is 0 Å². The average Bonchev–Trinajstić information content (AvgIpc) is 2.33. The molecule has 1 atom stereocenters. The number of sulfone groups is 1. The van der Waals surface area contributed by atoms with Crippen LogP contribution in [0.2, 0.25) is 0 Å². The van der Waals surface area contributed by atoms with Crippen LogP contribution in [0.25, 0.3) is 0 Å². The maximum Gasteiger partial charge on any atom is 0.157 e. The lowest BCUT2D eigenvalue weighted by Gasteiger charge is -2.25. The molecule has 21 heavy (non-hydrogen) atoms. The first-order valence-electron chi connectivity index (χ1n) is 7.38. The van der Waals surface area contributed by atoms with Crippen molar-refractivity contribution in [2.75, 3.05) is 12.8 Å². The molecule has 120 valence electrons. The van der Waals surface area contributed by atoms with Crippen LogP contribution in [-0.4, -0.2) is 26.0 Å². The highest BCUT2D eigenvalue weighted by atomic mass is 32.2. The molecular formula is C17H29NO2S. The van der Waals surface area contributed by atoms with Crippen LogP contribution in [0.1, 0.15) is 58.7 Å². The van der Waals surface area contributed by atoms with Gasteiger partial charge in [-0.05, 0) is 44.4 Å². The highest BCUT2D eigenvalue weighted by Crippen LogP contribution is 2.26. The number of hydrogen-bond acceptors (Lipinski definition) is 3. The number of hydrogen-bond donors (Lipinski definition) is 1. The van der Waals surface area contributed by atoms with Crippen molar-refractivity contribution in [3.63, 3.8) is 0 Å². The van der Waals surface area contributed by atoms with Gasteiger partial charge in [0.05, 0.1) is 10.5 Å². The summed E-state index contributed by atoms with van der Waals surface area (Å²) in [7, 11) is -1.35. The quantitative estimate of drug-likeness (QED) is 0.926. The minimum absolute atomic E-state index is 0.102. The van der Waals surface area contributed by atoms with Crippen molar-refractivity contribution in [2.45, 2.75) is 57.7 Å². The Hall–Kier alpha value is -0.870. The zero-order valence-corrected chi connectivity index (χ0v) is 15.1. The van der Waals surface area contributed by atoms with Crippen molar-refractivity contribution in [1.82, 2.24) is 5.32 Å². The molecule has 1 unspecified atom stereocenters. The molecule has 0 bridgehead atoms. The van der Waals surface area contributed by atoms with E-state index in [4.69, 9.17) is 0 Å². The van der Waals surface area contributed by atoms with Crippen LogP contribution in [0, 0.1) is 0 Å². The minimum atomic E-state index is -3.16. The smallest absolute Gasteiger partial charge is 0.157 e. The van der Waals surface area contributed by atoms with Gasteiger partial charge in [0, 0.05) is 6.04 Å². The van der Waals surface area contributed by atoms with Crippen LogP contribution < -0.4 is 5.32 Å². The van der Waals surface area contributed by atoms with Crippen molar-refractivity contribution in [2.24, 2.45) is 0 Å². The molecule has 1 aromatic carbocycles. The fraction of sp³-hybridized carbons (Fsp3) is 0.647. The Kier molecular flexibility index (Phi) is 5.27. The predicted molar refractivity (Wildman–Crippen MR) is 90.5 cm³/mol. The summed E-state index contributed by atoms with van der Waals surface area (Å²) in [5.41, 5.74) is 2.36. The van der Waals surface area contributed by atoms with Gasteiger partial charge in [-0.25, -0.2) is 8.42 Å². The zero-order valence-electron chi connectivity index (χ0n) is 14.3. The maximum absolute atomic E-state index is 12.4. The lowest BCUT2D eigenvalue weighted by Crippen LogP contribution is -2.35. The van der Waals surface area contributed by atoms with Crippen molar-refractivity contribution in [1.29, 1.82) is 0 Å². The van der Waals surface area contributed by atoms with E-state index in [1.807, 2.05) is 12.1 Å². The first-order valence-corrected chi connectivity index (χ1v) is 9.04. The highest BCUT2D eigenvalue weighted by molar-refractivity contribution is 7.92. The van der Waals surface area contributed by atoms with Crippen LogP contribution in [0.15, 0.2) is 24.3 Å². The van der Waals surface area contributed by atoms with E-state index in [1.165, 1.54) is 5.56 Å². The Morgan fingerprint density at radius 2 is 1.48 bits per heavy atom. The summed E-state index contributed by atoms with van der Waals surface area (Å²) < 4.78 is 24.0. The molecular weight excluding hydrogens is 282 g/mol. The van der Waals surface area contributed by atoms with E-state index < -0.39 is 14.6 Å². The van der Waals surface area contributed by atoms with Crippen LogP contribution in [0.3, 0.4) is 0 Å². The molecule has 0 spiro atoms. The largest absolute Gasteiger partial charge is 0.312 e. The first kappa shape index (κ1) is 18.2. The maximum atomic E-state index is 12.4. The molecule has 4 heteroatoms. The summed E-state index contributed by atoms with van der Waals surface area (Å²) in [4.78, 5) is 0. The fourth-order valence-electron chi connectivity index (χ4n) is 2.03. The molecule has 0 saturated heterocycles. The summed E-state index contributed by atoms with van der Waals surface area (Å²) in [6.07, 6.45) is 0. The molecule has 0 aliphatic heterocycles. The van der Waals surface area contributed by atoms with E-state index in [-0.39, 0.29) is 17.2 Å². The third-order valence-corrected chi connectivity index (χ3v) is 6.48. The molecule has 0 saturated carbocycles. The van der Waals surface area contributed by atoms with E-state index >= 15 is 0 Å². The Morgan fingerprint density at radius 1 is 1.00 bits per heavy atom. The summed E-state index contributed by atoms with van der Waals surface area (Å²) in [6.45, 7) is 11.7. The van der Waals surface area contributed by atoms with Crippen molar-refractivity contribution >= 4 is 9.84 Å². The molecule has 0 amide bonds. The van der Waals surface area contributed by atoms with Gasteiger partial charge >= 0.3 is 0 Å². The SMILES string of the molecule is CNC(CS(=O)(=O)C(C)(C)C)c1ccc(C(C)(C)C)cc1. The Bertz CT molecular complexity index is 560. The van der Waals surface area contributed by atoms with Crippen LogP contribution in [0.5, 0.6) is 0 Å². The van der Waals surface area contributed by atoms with Crippen molar-refractivity contribution in [3.05, 3.63) is 35.4 Å². The van der Waals surface area contributed by atoms with Gasteiger partial charge in [0.15, 0.2) is 9.84 Å². The summed E-state index contributed by atoms with van der Waals surface area (Å²) >= 11 is 0. The van der Waals surface area contributed by atoms with Gasteiger partial charge in [-0.1, -0.05) is 45.0 Å². The highest BCUT2D eigenvalue weighted by Gasteiger charge is 2.31. The topological polar surface area (TPSA) is 46.2 Å². The monoisotopic (exact) mass is 311 g/mol. The first-order chi connectivity index (χ1) is 9.38. The van der Waals surface area contributed by atoms with Gasteiger partial charge in [0.1, 0.15) is 0 Å². The van der Waals surface area contributed by atoms with Crippen molar-refractivity contribution < 1.29 is 8.42 Å². The van der Waals surface area contributed by atoms with E-state index in [2.05, 4.69) is 38.2 Å². The molecule has 1 N–H and O–H groups in total. The molecule has 0 radical (unpaired) electrons. The van der Waals surface area contributed by atoms with Gasteiger partial charge in [0.25, 0.3) is 0 Å². The van der Waals surface area contributed by atoms with E-state index in [0.717, 1.165) is 5.56 Å². The average molecular weight is 311 g/mol. The van der Waals surface area contributed by atoms with Gasteiger partial charge in [-0.3, -0.25) is 0 Å². The molecule has 1 rings (SSSR count). The third-order valence-electron chi connectivity index (χ3n) is 3.85. The van der Waals surface area contributed by atoms with Crippen LogP contribution in [0.4, 0.5) is 0 Å². The predicted octanol–water partition coefficient (Wildman–Crippen LogP) is 3.46. The Labute approximate surface area is 130 Å². The number of benzene rings is 1. The van der Waals surface area contributed by atoms with Gasteiger partial charge < -0.3 is 5.32 Å². The second-order valence-electron chi connectivity index (χ2n) is 7.61. The number of nitrogens with one attached hydrogen (secondary N) is 1. The van der Waals surface area contributed by atoms with Crippen molar-refractivity contribution in [3.8, 4) is 0 Å². The van der Waals surface area contributed by atoms with E-state index in [9.17, 15) is 8.42 Å². The molecule has 0 heterocycles.